The Morgan fingerprint density at radius 3 is 2.73 bits per heavy atom. The number of ether oxygens (including phenoxy) is 1. The number of amides is 3. The van der Waals surface area contributed by atoms with Crippen molar-refractivity contribution >= 4 is 33.3 Å². The summed E-state index contributed by atoms with van der Waals surface area (Å²) in [4.78, 5) is 25.7. The number of hydrogen-bond donors (Lipinski definition) is 3. The number of rotatable bonds is 7. The highest BCUT2D eigenvalue weighted by Crippen LogP contribution is 2.28. The molecular weight excluding hydrogens is 360 g/mol. The largest absolute Gasteiger partial charge is 0.495 e. The number of likely N-dealkylation sites (tertiary alicyclic amines) is 1. The lowest BCUT2D eigenvalue weighted by Gasteiger charge is -2.17. The maximum Gasteiger partial charge on any atom is 0.319 e. The summed E-state index contributed by atoms with van der Waals surface area (Å²) in [7, 11) is -2.07. The summed E-state index contributed by atoms with van der Waals surface area (Å²) in [5.41, 5.74) is 0.613. The molecule has 1 aromatic rings. The first-order valence-electron chi connectivity index (χ1n) is 8.23. The zero-order chi connectivity index (χ0) is 19.3. The number of nitrogens with one attached hydrogen (secondary N) is 3. The van der Waals surface area contributed by atoms with Crippen LogP contribution in [0.3, 0.4) is 0 Å². The third-order valence-electron chi connectivity index (χ3n) is 3.80. The first kappa shape index (κ1) is 19.8. The van der Waals surface area contributed by atoms with Gasteiger partial charge in [-0.25, -0.2) is 13.2 Å². The molecule has 0 aliphatic carbocycles. The van der Waals surface area contributed by atoms with Crippen molar-refractivity contribution in [2.45, 2.75) is 25.8 Å². The van der Waals surface area contributed by atoms with Crippen molar-refractivity contribution < 1.29 is 22.7 Å². The topological polar surface area (TPSA) is 117 Å². The molecule has 3 amide bonds. The van der Waals surface area contributed by atoms with E-state index in [-0.39, 0.29) is 24.1 Å². The summed E-state index contributed by atoms with van der Waals surface area (Å²) in [6, 6.07) is 3.89. The van der Waals surface area contributed by atoms with Crippen molar-refractivity contribution in [2.24, 2.45) is 0 Å². The molecule has 1 heterocycles. The van der Waals surface area contributed by atoms with E-state index in [2.05, 4.69) is 15.4 Å². The summed E-state index contributed by atoms with van der Waals surface area (Å²) >= 11 is 0. The first-order valence-corrected chi connectivity index (χ1v) is 10.1. The lowest BCUT2D eigenvalue weighted by molar-refractivity contribution is -0.127. The second-order valence-corrected chi connectivity index (χ2v) is 7.88. The molecule has 0 bridgehead atoms. The lowest BCUT2D eigenvalue weighted by Crippen LogP contribution is -2.39. The van der Waals surface area contributed by atoms with E-state index in [4.69, 9.17) is 4.74 Å². The number of methoxy groups -OCH3 is 1. The maximum atomic E-state index is 12.2. The summed E-state index contributed by atoms with van der Waals surface area (Å²) < 4.78 is 30.3. The van der Waals surface area contributed by atoms with E-state index in [1.165, 1.54) is 13.2 Å². The molecule has 1 aromatic carbocycles. The fraction of sp³-hybridized carbons (Fsp3) is 0.500. The average Bonchev–Trinajstić information content (AvgIpc) is 2.85. The summed E-state index contributed by atoms with van der Waals surface area (Å²) in [5.74, 6) is 0.360. The van der Waals surface area contributed by atoms with E-state index in [1.54, 1.807) is 17.0 Å². The Labute approximate surface area is 153 Å². The first-order chi connectivity index (χ1) is 12.2. The minimum Gasteiger partial charge on any atom is -0.495 e. The van der Waals surface area contributed by atoms with Crippen LogP contribution in [0.2, 0.25) is 0 Å². The van der Waals surface area contributed by atoms with Gasteiger partial charge < -0.3 is 20.3 Å². The SMILES string of the molecule is CCCN1C[C@H](NC(=O)Nc2ccc(OC)c(NS(C)(=O)=O)c2)CC1=O. The van der Waals surface area contributed by atoms with Gasteiger partial charge in [0, 0.05) is 25.2 Å². The van der Waals surface area contributed by atoms with E-state index in [0.29, 0.717) is 24.5 Å². The van der Waals surface area contributed by atoms with Gasteiger partial charge in [-0.3, -0.25) is 9.52 Å². The van der Waals surface area contributed by atoms with E-state index >= 15 is 0 Å². The molecule has 3 N–H and O–H groups in total. The van der Waals surface area contributed by atoms with Gasteiger partial charge in [-0.1, -0.05) is 6.92 Å². The predicted molar refractivity (Wildman–Crippen MR) is 98.9 cm³/mol. The molecule has 1 saturated heterocycles. The predicted octanol–water partition coefficient (Wildman–Crippen LogP) is 1.20. The van der Waals surface area contributed by atoms with Crippen molar-refractivity contribution in [3.8, 4) is 5.75 Å². The van der Waals surface area contributed by atoms with Crippen LogP contribution in [-0.4, -0.2) is 57.8 Å². The Bertz CT molecular complexity index is 781. The molecule has 0 saturated carbocycles. The average molecular weight is 384 g/mol. The molecular formula is C16H24N4O5S. The Balaban J connectivity index is 2.01. The van der Waals surface area contributed by atoms with Crippen molar-refractivity contribution in [3.63, 3.8) is 0 Å². The van der Waals surface area contributed by atoms with E-state index in [0.717, 1.165) is 12.7 Å². The van der Waals surface area contributed by atoms with Crippen LogP contribution in [0.5, 0.6) is 5.75 Å². The Hall–Kier alpha value is -2.49. The number of urea groups is 1. The molecule has 0 aromatic heterocycles. The fourth-order valence-electron chi connectivity index (χ4n) is 2.77. The van der Waals surface area contributed by atoms with Crippen LogP contribution < -0.4 is 20.1 Å². The van der Waals surface area contributed by atoms with Gasteiger partial charge in [0.15, 0.2) is 0 Å². The molecule has 0 spiro atoms. The smallest absolute Gasteiger partial charge is 0.319 e. The summed E-state index contributed by atoms with van der Waals surface area (Å²) in [5, 5.41) is 5.40. The van der Waals surface area contributed by atoms with E-state index in [1.807, 2.05) is 6.92 Å². The van der Waals surface area contributed by atoms with Crippen molar-refractivity contribution in [1.29, 1.82) is 0 Å². The highest BCUT2D eigenvalue weighted by molar-refractivity contribution is 7.92. The maximum absolute atomic E-state index is 12.2. The van der Waals surface area contributed by atoms with E-state index < -0.39 is 16.1 Å². The Morgan fingerprint density at radius 2 is 2.12 bits per heavy atom. The monoisotopic (exact) mass is 384 g/mol. The molecule has 9 nitrogen and oxygen atoms in total. The van der Waals surface area contributed by atoms with Gasteiger partial charge in [-0.2, -0.15) is 0 Å². The Morgan fingerprint density at radius 1 is 1.38 bits per heavy atom. The van der Waals surface area contributed by atoms with E-state index in [9.17, 15) is 18.0 Å². The number of nitrogens with zero attached hydrogens (tertiary/aromatic N) is 1. The molecule has 0 unspecified atom stereocenters. The second-order valence-electron chi connectivity index (χ2n) is 6.13. The van der Waals surface area contributed by atoms with Gasteiger partial charge in [0.05, 0.1) is 25.1 Å². The number of hydrogen-bond acceptors (Lipinski definition) is 5. The van der Waals surface area contributed by atoms with Gasteiger partial charge in [0.25, 0.3) is 0 Å². The normalized spacial score (nSPS) is 17.1. The van der Waals surface area contributed by atoms with Gasteiger partial charge in [-0.15, -0.1) is 0 Å². The van der Waals surface area contributed by atoms with Gasteiger partial charge in [-0.05, 0) is 24.6 Å². The number of carbonyl (C=O) groups excluding carboxylic acids is 2. The minimum absolute atomic E-state index is 0.0289. The molecule has 1 aliphatic rings. The zero-order valence-electron chi connectivity index (χ0n) is 15.0. The molecule has 1 atom stereocenters. The highest BCUT2D eigenvalue weighted by Gasteiger charge is 2.29. The third-order valence-corrected chi connectivity index (χ3v) is 4.39. The lowest BCUT2D eigenvalue weighted by atomic mass is 10.2. The zero-order valence-corrected chi connectivity index (χ0v) is 15.9. The molecule has 2 rings (SSSR count). The van der Waals surface area contributed by atoms with Crippen molar-refractivity contribution in [1.82, 2.24) is 10.2 Å². The molecule has 144 valence electrons. The standard InChI is InChI=1S/C16H24N4O5S/c1-4-7-20-10-12(9-15(20)21)18-16(22)17-11-5-6-14(25-2)13(8-11)19-26(3,23)24/h5-6,8,12,19H,4,7,9-10H2,1-3H3,(H2,17,18,22)/t12-/m1/s1. The van der Waals surface area contributed by atoms with Crippen molar-refractivity contribution in [2.75, 3.05) is 36.5 Å². The second kappa shape index (κ2) is 8.26. The van der Waals surface area contributed by atoms with Gasteiger partial charge in [0.2, 0.25) is 15.9 Å². The number of benzene rings is 1. The van der Waals surface area contributed by atoms with Crippen LogP contribution in [0.1, 0.15) is 19.8 Å². The summed E-state index contributed by atoms with van der Waals surface area (Å²) in [6.45, 7) is 3.16. The molecule has 0 radical (unpaired) electrons. The van der Waals surface area contributed by atoms with Crippen molar-refractivity contribution in [3.05, 3.63) is 18.2 Å². The number of carbonyl (C=O) groups is 2. The number of anilines is 2. The molecule has 1 fully saturated rings. The third kappa shape index (κ3) is 5.51. The quantitative estimate of drug-likeness (QED) is 0.653. The Kier molecular flexibility index (Phi) is 6.30. The molecule has 26 heavy (non-hydrogen) atoms. The highest BCUT2D eigenvalue weighted by atomic mass is 32.2. The van der Waals surface area contributed by atoms with Crippen LogP contribution in [0, 0.1) is 0 Å². The number of sulfonamides is 1. The van der Waals surface area contributed by atoms with Crippen LogP contribution in [-0.2, 0) is 14.8 Å². The van der Waals surface area contributed by atoms with Gasteiger partial charge in [0.1, 0.15) is 5.75 Å². The molecule has 1 aliphatic heterocycles. The molecule has 10 heteroatoms. The minimum atomic E-state index is -3.49. The fourth-order valence-corrected chi connectivity index (χ4v) is 3.33. The van der Waals surface area contributed by atoms with Crippen LogP contribution in [0.25, 0.3) is 0 Å². The van der Waals surface area contributed by atoms with Gasteiger partial charge >= 0.3 is 6.03 Å². The van der Waals surface area contributed by atoms with Crippen LogP contribution in [0.15, 0.2) is 18.2 Å². The summed E-state index contributed by atoms with van der Waals surface area (Å²) in [6.07, 6.45) is 2.17. The van der Waals surface area contributed by atoms with Crippen LogP contribution >= 0.6 is 0 Å². The van der Waals surface area contributed by atoms with Crippen LogP contribution in [0.4, 0.5) is 16.2 Å².